The Bertz CT molecular complexity index is 347. The van der Waals surface area contributed by atoms with E-state index in [1.807, 2.05) is 27.7 Å². The molecular formula is C16H35IN4O3. The lowest BCUT2D eigenvalue weighted by Crippen LogP contribution is -2.39. The second-order valence-corrected chi connectivity index (χ2v) is 6.11. The van der Waals surface area contributed by atoms with Gasteiger partial charge in [0.2, 0.25) is 0 Å². The van der Waals surface area contributed by atoms with Crippen molar-refractivity contribution in [3.05, 3.63) is 0 Å². The van der Waals surface area contributed by atoms with E-state index in [-0.39, 0.29) is 30.1 Å². The van der Waals surface area contributed by atoms with Gasteiger partial charge in [-0.15, -0.1) is 24.0 Å². The van der Waals surface area contributed by atoms with E-state index in [0.717, 1.165) is 51.5 Å². The van der Waals surface area contributed by atoms with Crippen molar-refractivity contribution in [3.8, 4) is 0 Å². The van der Waals surface area contributed by atoms with Crippen LogP contribution < -0.4 is 16.0 Å². The Labute approximate surface area is 163 Å². The monoisotopic (exact) mass is 458 g/mol. The number of nitrogens with zero attached hydrogens (tertiary/aromatic N) is 1. The van der Waals surface area contributed by atoms with Gasteiger partial charge in [0, 0.05) is 39.9 Å². The third-order valence-electron chi connectivity index (χ3n) is 2.75. The molecule has 0 aliphatic rings. The SMILES string of the molecule is CCOCCCCNC(=NC)NCCCNC(=O)OC(C)(C)C.I. The lowest BCUT2D eigenvalue weighted by atomic mass is 10.2. The van der Waals surface area contributed by atoms with E-state index in [2.05, 4.69) is 20.9 Å². The molecule has 0 aliphatic heterocycles. The second kappa shape index (κ2) is 15.7. The Kier molecular flexibility index (Phi) is 16.7. The van der Waals surface area contributed by atoms with Gasteiger partial charge in [0.25, 0.3) is 0 Å². The quantitative estimate of drug-likeness (QED) is 0.203. The average Bonchev–Trinajstić information content (AvgIpc) is 2.46. The van der Waals surface area contributed by atoms with Crippen LogP contribution in [0.3, 0.4) is 0 Å². The summed E-state index contributed by atoms with van der Waals surface area (Å²) in [4.78, 5) is 15.6. The van der Waals surface area contributed by atoms with Gasteiger partial charge in [0.05, 0.1) is 0 Å². The third kappa shape index (κ3) is 17.6. The summed E-state index contributed by atoms with van der Waals surface area (Å²) >= 11 is 0. The van der Waals surface area contributed by atoms with Crippen LogP contribution in [0.5, 0.6) is 0 Å². The molecule has 3 N–H and O–H groups in total. The number of hydrogen-bond acceptors (Lipinski definition) is 4. The minimum atomic E-state index is -0.462. The normalized spacial score (nSPS) is 11.5. The van der Waals surface area contributed by atoms with Crippen molar-refractivity contribution >= 4 is 36.0 Å². The number of unbranched alkanes of at least 4 members (excludes halogenated alkanes) is 1. The van der Waals surface area contributed by atoms with Gasteiger partial charge in [0.1, 0.15) is 5.60 Å². The molecule has 0 saturated heterocycles. The van der Waals surface area contributed by atoms with E-state index >= 15 is 0 Å². The highest BCUT2D eigenvalue weighted by Crippen LogP contribution is 2.06. The van der Waals surface area contributed by atoms with E-state index in [1.54, 1.807) is 7.05 Å². The molecule has 0 saturated carbocycles. The Hall–Kier alpha value is -0.770. The summed E-state index contributed by atoms with van der Waals surface area (Å²) in [6.45, 7) is 11.3. The minimum Gasteiger partial charge on any atom is -0.444 e. The van der Waals surface area contributed by atoms with Crippen molar-refractivity contribution in [2.75, 3.05) is 39.9 Å². The molecule has 0 radical (unpaired) electrons. The molecule has 24 heavy (non-hydrogen) atoms. The van der Waals surface area contributed by atoms with Crippen LogP contribution in [0, 0.1) is 0 Å². The largest absolute Gasteiger partial charge is 0.444 e. The van der Waals surface area contributed by atoms with Crippen LogP contribution in [0.25, 0.3) is 0 Å². The Morgan fingerprint density at radius 2 is 1.58 bits per heavy atom. The predicted molar refractivity (Wildman–Crippen MR) is 109 cm³/mol. The Morgan fingerprint density at radius 1 is 1.00 bits per heavy atom. The van der Waals surface area contributed by atoms with Gasteiger partial charge < -0.3 is 25.4 Å². The summed E-state index contributed by atoms with van der Waals surface area (Å²) < 4.78 is 10.5. The number of aliphatic imine (C=N–C) groups is 1. The van der Waals surface area contributed by atoms with Crippen LogP contribution in [-0.2, 0) is 9.47 Å². The lowest BCUT2D eigenvalue weighted by molar-refractivity contribution is 0.0527. The van der Waals surface area contributed by atoms with Crippen molar-refractivity contribution in [3.63, 3.8) is 0 Å². The molecule has 0 aromatic carbocycles. The van der Waals surface area contributed by atoms with E-state index in [4.69, 9.17) is 9.47 Å². The molecular weight excluding hydrogens is 423 g/mol. The van der Waals surface area contributed by atoms with Crippen LogP contribution in [0.15, 0.2) is 4.99 Å². The van der Waals surface area contributed by atoms with Crippen LogP contribution in [0.1, 0.15) is 47.0 Å². The van der Waals surface area contributed by atoms with Crippen LogP contribution in [-0.4, -0.2) is 57.5 Å². The first-order valence-electron chi connectivity index (χ1n) is 8.38. The van der Waals surface area contributed by atoms with Crippen molar-refractivity contribution in [1.82, 2.24) is 16.0 Å². The molecule has 0 rings (SSSR count). The average molecular weight is 458 g/mol. The van der Waals surface area contributed by atoms with Gasteiger partial charge in [-0.05, 0) is 47.0 Å². The van der Waals surface area contributed by atoms with E-state index < -0.39 is 5.60 Å². The van der Waals surface area contributed by atoms with E-state index in [1.165, 1.54) is 0 Å². The molecule has 1 amide bonds. The maximum absolute atomic E-state index is 11.5. The first-order valence-corrected chi connectivity index (χ1v) is 8.38. The number of amides is 1. The highest BCUT2D eigenvalue weighted by Gasteiger charge is 2.15. The molecule has 7 nitrogen and oxygen atoms in total. The number of carbonyl (C=O) groups excluding carboxylic acids is 1. The molecule has 0 aromatic heterocycles. The molecule has 0 fully saturated rings. The zero-order valence-corrected chi connectivity index (χ0v) is 18.1. The van der Waals surface area contributed by atoms with Gasteiger partial charge in [-0.3, -0.25) is 4.99 Å². The molecule has 0 aromatic rings. The smallest absolute Gasteiger partial charge is 0.407 e. The van der Waals surface area contributed by atoms with Crippen LogP contribution in [0.2, 0.25) is 0 Å². The van der Waals surface area contributed by atoms with Crippen molar-refractivity contribution in [2.24, 2.45) is 4.99 Å². The van der Waals surface area contributed by atoms with Gasteiger partial charge in [-0.2, -0.15) is 0 Å². The fourth-order valence-corrected chi connectivity index (χ4v) is 1.70. The number of carbonyl (C=O) groups is 1. The number of rotatable bonds is 10. The fraction of sp³-hybridized carbons (Fsp3) is 0.875. The van der Waals surface area contributed by atoms with Gasteiger partial charge in [-0.25, -0.2) is 4.79 Å². The Morgan fingerprint density at radius 3 is 2.12 bits per heavy atom. The standard InChI is InChI=1S/C16H34N4O3.HI/c1-6-22-13-8-7-10-18-14(17-5)19-11-9-12-20-15(21)23-16(2,3)4;/h6-13H2,1-5H3,(H,20,21)(H2,17,18,19);1H. The summed E-state index contributed by atoms with van der Waals surface area (Å²) in [5, 5.41) is 9.18. The van der Waals surface area contributed by atoms with Gasteiger partial charge in [0.15, 0.2) is 5.96 Å². The zero-order valence-electron chi connectivity index (χ0n) is 15.7. The molecule has 0 spiro atoms. The molecule has 0 aliphatic carbocycles. The predicted octanol–water partition coefficient (Wildman–Crippen LogP) is 2.50. The van der Waals surface area contributed by atoms with Crippen molar-refractivity contribution in [1.29, 1.82) is 0 Å². The topological polar surface area (TPSA) is 84.0 Å². The summed E-state index contributed by atoms with van der Waals surface area (Å²) in [6, 6.07) is 0. The number of hydrogen-bond donors (Lipinski definition) is 3. The summed E-state index contributed by atoms with van der Waals surface area (Å²) in [6.07, 6.45) is 2.50. The van der Waals surface area contributed by atoms with Crippen LogP contribution >= 0.6 is 24.0 Å². The number of halogens is 1. The first-order chi connectivity index (χ1) is 10.9. The van der Waals surface area contributed by atoms with Crippen molar-refractivity contribution in [2.45, 2.75) is 52.6 Å². The minimum absolute atomic E-state index is 0. The maximum atomic E-state index is 11.5. The second-order valence-electron chi connectivity index (χ2n) is 6.11. The number of alkyl carbamates (subject to hydrolysis) is 1. The maximum Gasteiger partial charge on any atom is 0.407 e. The number of guanidine groups is 1. The van der Waals surface area contributed by atoms with E-state index in [0.29, 0.717) is 6.54 Å². The van der Waals surface area contributed by atoms with E-state index in [9.17, 15) is 4.79 Å². The fourth-order valence-electron chi connectivity index (χ4n) is 1.70. The lowest BCUT2D eigenvalue weighted by Gasteiger charge is -2.19. The molecule has 0 bridgehead atoms. The highest BCUT2D eigenvalue weighted by molar-refractivity contribution is 14.0. The molecule has 144 valence electrons. The first kappa shape index (κ1) is 25.5. The van der Waals surface area contributed by atoms with Crippen molar-refractivity contribution < 1.29 is 14.3 Å². The number of nitrogens with one attached hydrogen (secondary N) is 3. The Balaban J connectivity index is 0. The third-order valence-corrected chi connectivity index (χ3v) is 2.75. The van der Waals surface area contributed by atoms with Gasteiger partial charge >= 0.3 is 6.09 Å². The molecule has 0 heterocycles. The summed E-state index contributed by atoms with van der Waals surface area (Å²) in [7, 11) is 1.74. The summed E-state index contributed by atoms with van der Waals surface area (Å²) in [5.74, 6) is 0.777. The number of ether oxygens (including phenoxy) is 2. The molecule has 0 unspecified atom stereocenters. The summed E-state index contributed by atoms with van der Waals surface area (Å²) in [5.41, 5.74) is -0.462. The zero-order chi connectivity index (χ0) is 17.6. The van der Waals surface area contributed by atoms with Crippen LogP contribution in [0.4, 0.5) is 4.79 Å². The molecule has 0 atom stereocenters. The highest BCUT2D eigenvalue weighted by atomic mass is 127. The van der Waals surface area contributed by atoms with Gasteiger partial charge in [-0.1, -0.05) is 0 Å². The molecule has 8 heteroatoms.